The molecular formula is C10H13BrN2O3. The number of rotatable bonds is 5. The Labute approximate surface area is 102 Å². The highest BCUT2D eigenvalue weighted by Crippen LogP contribution is 2.27. The zero-order valence-electron chi connectivity index (χ0n) is 8.74. The third kappa shape index (κ3) is 3.39. The monoisotopic (exact) mass is 288 g/mol. The summed E-state index contributed by atoms with van der Waals surface area (Å²) in [5, 5.41) is 11.5. The van der Waals surface area contributed by atoms with E-state index in [1.54, 1.807) is 25.3 Å². The van der Waals surface area contributed by atoms with Crippen LogP contribution < -0.4 is 15.8 Å². The second-order valence-corrected chi connectivity index (χ2v) is 4.03. The van der Waals surface area contributed by atoms with E-state index in [0.29, 0.717) is 5.75 Å². The Kier molecular flexibility index (Phi) is 4.57. The third-order valence-corrected chi connectivity index (χ3v) is 2.61. The molecule has 0 aliphatic carbocycles. The van der Waals surface area contributed by atoms with Gasteiger partial charge in [-0.1, -0.05) is 0 Å². The van der Waals surface area contributed by atoms with Crippen LogP contribution in [0, 0.1) is 0 Å². The Balaban J connectivity index is 2.62. The number of nitrogens with one attached hydrogen (secondary N) is 1. The minimum Gasteiger partial charge on any atom is -0.496 e. The summed E-state index contributed by atoms with van der Waals surface area (Å²) in [6.07, 6.45) is 0. The van der Waals surface area contributed by atoms with E-state index in [1.165, 1.54) is 0 Å². The van der Waals surface area contributed by atoms with Gasteiger partial charge in [0.25, 0.3) is 0 Å². The Morgan fingerprint density at radius 3 is 2.88 bits per heavy atom. The van der Waals surface area contributed by atoms with Crippen LogP contribution >= 0.6 is 15.9 Å². The van der Waals surface area contributed by atoms with Crippen LogP contribution in [0.2, 0.25) is 0 Å². The van der Waals surface area contributed by atoms with Crippen molar-refractivity contribution in [3.05, 3.63) is 22.7 Å². The van der Waals surface area contributed by atoms with Gasteiger partial charge in [0, 0.05) is 12.2 Å². The van der Waals surface area contributed by atoms with Crippen LogP contribution in [0.1, 0.15) is 0 Å². The van der Waals surface area contributed by atoms with Crippen molar-refractivity contribution in [1.82, 2.24) is 0 Å². The average Bonchev–Trinajstić information content (AvgIpc) is 2.25. The molecule has 4 N–H and O–H groups in total. The third-order valence-electron chi connectivity index (χ3n) is 2.00. The van der Waals surface area contributed by atoms with Gasteiger partial charge in [-0.3, -0.25) is 4.79 Å². The van der Waals surface area contributed by atoms with Crippen molar-refractivity contribution in [2.45, 2.75) is 6.04 Å². The summed E-state index contributed by atoms with van der Waals surface area (Å²) in [5.41, 5.74) is 6.14. The molecule has 1 aromatic rings. The molecule has 88 valence electrons. The molecule has 16 heavy (non-hydrogen) atoms. The average molecular weight is 289 g/mol. The van der Waals surface area contributed by atoms with E-state index >= 15 is 0 Å². The minimum absolute atomic E-state index is 0.175. The molecule has 0 bridgehead atoms. The second kappa shape index (κ2) is 5.72. The highest BCUT2D eigenvalue weighted by Gasteiger charge is 2.10. The number of nitrogens with two attached hydrogens (primary N) is 1. The maximum absolute atomic E-state index is 10.5. The van der Waals surface area contributed by atoms with Gasteiger partial charge in [-0.25, -0.2) is 0 Å². The lowest BCUT2D eigenvalue weighted by atomic mass is 10.2. The van der Waals surface area contributed by atoms with Gasteiger partial charge >= 0.3 is 5.97 Å². The number of ether oxygens (including phenoxy) is 1. The first-order valence-electron chi connectivity index (χ1n) is 4.60. The number of aliphatic carboxylic acids is 1. The summed E-state index contributed by atoms with van der Waals surface area (Å²) in [7, 11) is 1.58. The van der Waals surface area contributed by atoms with Gasteiger partial charge in [-0.15, -0.1) is 0 Å². The van der Waals surface area contributed by atoms with E-state index in [4.69, 9.17) is 15.6 Å². The van der Waals surface area contributed by atoms with Gasteiger partial charge in [0.05, 0.1) is 11.6 Å². The Bertz CT molecular complexity index is 384. The van der Waals surface area contributed by atoms with Crippen LogP contribution in [0.4, 0.5) is 5.69 Å². The van der Waals surface area contributed by atoms with E-state index in [9.17, 15) is 4.79 Å². The smallest absolute Gasteiger partial charge is 0.322 e. The molecule has 0 heterocycles. The fraction of sp³-hybridized carbons (Fsp3) is 0.300. The zero-order chi connectivity index (χ0) is 12.1. The number of carbonyl (C=O) groups is 1. The maximum Gasteiger partial charge on any atom is 0.322 e. The van der Waals surface area contributed by atoms with Crippen molar-refractivity contribution in [2.24, 2.45) is 5.73 Å². The van der Waals surface area contributed by atoms with Crippen LogP contribution in [-0.4, -0.2) is 30.8 Å². The number of hydrogen-bond donors (Lipinski definition) is 3. The summed E-state index contributed by atoms with van der Waals surface area (Å²) in [6.45, 7) is 0.175. The molecule has 6 heteroatoms. The highest BCUT2D eigenvalue weighted by molar-refractivity contribution is 9.10. The van der Waals surface area contributed by atoms with E-state index in [2.05, 4.69) is 21.2 Å². The number of carboxylic acids is 1. The predicted molar refractivity (Wildman–Crippen MR) is 64.8 cm³/mol. The zero-order valence-corrected chi connectivity index (χ0v) is 10.3. The Hall–Kier alpha value is -1.27. The van der Waals surface area contributed by atoms with Gasteiger partial charge in [-0.2, -0.15) is 0 Å². The van der Waals surface area contributed by atoms with E-state index < -0.39 is 12.0 Å². The summed E-state index contributed by atoms with van der Waals surface area (Å²) in [6, 6.07) is 4.45. The van der Waals surface area contributed by atoms with Gasteiger partial charge in [0.15, 0.2) is 0 Å². The number of halogens is 1. The molecule has 0 aliphatic heterocycles. The first kappa shape index (κ1) is 12.8. The number of benzene rings is 1. The molecule has 0 saturated heterocycles. The molecule has 0 radical (unpaired) electrons. The number of methoxy groups -OCH3 is 1. The normalized spacial score (nSPS) is 11.9. The lowest BCUT2D eigenvalue weighted by Gasteiger charge is -2.11. The minimum atomic E-state index is -1.03. The summed E-state index contributed by atoms with van der Waals surface area (Å²) in [4.78, 5) is 10.5. The largest absolute Gasteiger partial charge is 0.496 e. The molecule has 0 saturated carbocycles. The summed E-state index contributed by atoms with van der Waals surface area (Å²) < 4.78 is 5.87. The molecule has 0 aliphatic rings. The van der Waals surface area contributed by atoms with Crippen LogP contribution in [-0.2, 0) is 4.79 Å². The molecule has 0 fully saturated rings. The molecule has 1 aromatic carbocycles. The van der Waals surface area contributed by atoms with Crippen molar-refractivity contribution in [2.75, 3.05) is 19.0 Å². The van der Waals surface area contributed by atoms with E-state index in [-0.39, 0.29) is 6.54 Å². The molecule has 1 atom stereocenters. The van der Waals surface area contributed by atoms with Gasteiger partial charge < -0.3 is 20.9 Å². The van der Waals surface area contributed by atoms with E-state index in [0.717, 1.165) is 10.2 Å². The van der Waals surface area contributed by atoms with Crippen molar-refractivity contribution in [3.8, 4) is 5.75 Å². The lowest BCUT2D eigenvalue weighted by Crippen LogP contribution is -2.36. The number of carboxylic acid groups (broad SMARTS) is 1. The Morgan fingerprint density at radius 2 is 2.38 bits per heavy atom. The van der Waals surface area contributed by atoms with Crippen molar-refractivity contribution >= 4 is 27.6 Å². The number of hydrogen-bond acceptors (Lipinski definition) is 4. The summed E-state index contributed by atoms with van der Waals surface area (Å²) in [5.74, 6) is -0.312. The highest BCUT2D eigenvalue weighted by atomic mass is 79.9. The van der Waals surface area contributed by atoms with Gasteiger partial charge in [0.2, 0.25) is 0 Å². The van der Waals surface area contributed by atoms with Crippen LogP contribution in [0.15, 0.2) is 22.7 Å². The van der Waals surface area contributed by atoms with Crippen LogP contribution in [0.5, 0.6) is 5.75 Å². The van der Waals surface area contributed by atoms with Crippen molar-refractivity contribution in [1.29, 1.82) is 0 Å². The van der Waals surface area contributed by atoms with Crippen LogP contribution in [0.25, 0.3) is 0 Å². The molecule has 0 aromatic heterocycles. The lowest BCUT2D eigenvalue weighted by molar-refractivity contribution is -0.138. The van der Waals surface area contributed by atoms with Gasteiger partial charge in [0.1, 0.15) is 11.8 Å². The fourth-order valence-corrected chi connectivity index (χ4v) is 1.63. The number of anilines is 1. The van der Waals surface area contributed by atoms with Crippen molar-refractivity contribution in [3.63, 3.8) is 0 Å². The fourth-order valence-electron chi connectivity index (χ4n) is 1.09. The summed E-state index contributed by atoms with van der Waals surface area (Å²) >= 11 is 3.33. The van der Waals surface area contributed by atoms with Gasteiger partial charge in [-0.05, 0) is 34.1 Å². The molecule has 0 spiro atoms. The maximum atomic E-state index is 10.5. The second-order valence-electron chi connectivity index (χ2n) is 3.17. The topological polar surface area (TPSA) is 84.6 Å². The standard InChI is InChI=1S/C10H13BrN2O3/c1-16-9-3-2-6(4-7(9)11)13-5-8(12)10(14)15/h2-4,8,13H,5,12H2,1H3,(H,14,15). The first-order chi connectivity index (χ1) is 7.54. The Morgan fingerprint density at radius 1 is 1.69 bits per heavy atom. The van der Waals surface area contributed by atoms with Crippen LogP contribution in [0.3, 0.4) is 0 Å². The molecule has 1 unspecified atom stereocenters. The molecule has 0 amide bonds. The molecule has 1 rings (SSSR count). The van der Waals surface area contributed by atoms with Crippen molar-refractivity contribution < 1.29 is 14.6 Å². The quantitative estimate of drug-likeness (QED) is 0.760. The molecular weight excluding hydrogens is 276 g/mol. The first-order valence-corrected chi connectivity index (χ1v) is 5.39. The SMILES string of the molecule is COc1ccc(NCC(N)C(=O)O)cc1Br. The predicted octanol–water partition coefficient (Wildman–Crippen LogP) is 1.28. The molecule has 5 nitrogen and oxygen atoms in total. The van der Waals surface area contributed by atoms with E-state index in [1.807, 2.05) is 0 Å².